The summed E-state index contributed by atoms with van der Waals surface area (Å²) in [4.78, 5) is 22.3. The van der Waals surface area contributed by atoms with Crippen LogP contribution < -0.4 is 10.6 Å². The van der Waals surface area contributed by atoms with Crippen LogP contribution >= 0.6 is 0 Å². The number of pyridine rings is 1. The van der Waals surface area contributed by atoms with Gasteiger partial charge in [-0.1, -0.05) is 0 Å². The van der Waals surface area contributed by atoms with Crippen molar-refractivity contribution < 1.29 is 9.53 Å². The van der Waals surface area contributed by atoms with Crippen LogP contribution in [-0.4, -0.2) is 54.2 Å². The fourth-order valence-electron chi connectivity index (χ4n) is 2.32. The number of amides is 1. The maximum atomic E-state index is 12.2. The molecule has 3 heterocycles. The summed E-state index contributed by atoms with van der Waals surface area (Å²) in [6, 6.07) is 3.91. The topological polar surface area (TPSA) is 78.9 Å². The van der Waals surface area contributed by atoms with Gasteiger partial charge in [0, 0.05) is 31.9 Å². The SMILES string of the molecule is CC1CN(C(=O)OC2=NCNc3ncccc32)CCN1. The second-order valence-corrected chi connectivity index (χ2v) is 4.87. The Morgan fingerprint density at radius 2 is 2.45 bits per heavy atom. The van der Waals surface area contributed by atoms with Gasteiger partial charge >= 0.3 is 6.09 Å². The summed E-state index contributed by atoms with van der Waals surface area (Å²) in [6.07, 6.45) is 1.34. The first-order chi connectivity index (χ1) is 9.74. The van der Waals surface area contributed by atoms with E-state index >= 15 is 0 Å². The monoisotopic (exact) mass is 275 g/mol. The second kappa shape index (κ2) is 5.46. The predicted octanol–water partition coefficient (Wildman–Crippen LogP) is 0.642. The Bertz CT molecular complexity index is 545. The third-order valence-corrected chi connectivity index (χ3v) is 3.32. The number of ether oxygens (including phenoxy) is 1. The number of fused-ring (bicyclic) bond motifs is 1. The quantitative estimate of drug-likeness (QED) is 0.726. The van der Waals surface area contributed by atoms with Crippen molar-refractivity contribution in [3.63, 3.8) is 0 Å². The van der Waals surface area contributed by atoms with Crippen molar-refractivity contribution in [2.24, 2.45) is 4.99 Å². The van der Waals surface area contributed by atoms with E-state index < -0.39 is 0 Å². The third kappa shape index (κ3) is 2.57. The molecule has 1 aromatic rings. The molecule has 20 heavy (non-hydrogen) atoms. The number of rotatable bonds is 0. The molecular weight excluding hydrogens is 258 g/mol. The Kier molecular flexibility index (Phi) is 3.51. The highest BCUT2D eigenvalue weighted by molar-refractivity contribution is 6.04. The molecule has 106 valence electrons. The first kappa shape index (κ1) is 12.9. The lowest BCUT2D eigenvalue weighted by atomic mass is 10.2. The molecule has 0 radical (unpaired) electrons. The van der Waals surface area contributed by atoms with Crippen molar-refractivity contribution >= 4 is 17.8 Å². The molecule has 1 aromatic heterocycles. The van der Waals surface area contributed by atoms with Gasteiger partial charge in [-0.25, -0.2) is 14.8 Å². The number of piperazine rings is 1. The van der Waals surface area contributed by atoms with Gasteiger partial charge in [0.15, 0.2) is 0 Å². The largest absolute Gasteiger partial charge is 0.416 e. The fraction of sp³-hybridized carbons (Fsp3) is 0.462. The van der Waals surface area contributed by atoms with Gasteiger partial charge in [-0.15, -0.1) is 0 Å². The molecule has 7 heteroatoms. The van der Waals surface area contributed by atoms with E-state index in [1.54, 1.807) is 17.2 Å². The number of hydrogen-bond acceptors (Lipinski definition) is 6. The van der Waals surface area contributed by atoms with Crippen LogP contribution in [0.15, 0.2) is 23.3 Å². The Labute approximate surface area is 117 Å². The predicted molar refractivity (Wildman–Crippen MR) is 74.8 cm³/mol. The number of carbonyl (C=O) groups is 1. The van der Waals surface area contributed by atoms with E-state index in [0.29, 0.717) is 31.5 Å². The minimum atomic E-state index is -0.353. The Balaban J connectivity index is 1.71. The van der Waals surface area contributed by atoms with E-state index in [1.165, 1.54) is 0 Å². The van der Waals surface area contributed by atoms with E-state index in [-0.39, 0.29) is 12.1 Å². The maximum absolute atomic E-state index is 12.2. The summed E-state index contributed by atoms with van der Waals surface area (Å²) in [5, 5.41) is 6.33. The minimum absolute atomic E-state index is 0.278. The maximum Gasteiger partial charge on any atom is 0.416 e. The number of aliphatic imine (C=N–C) groups is 1. The van der Waals surface area contributed by atoms with E-state index in [2.05, 4.69) is 20.6 Å². The van der Waals surface area contributed by atoms with Gasteiger partial charge in [-0.2, -0.15) is 0 Å². The lowest BCUT2D eigenvalue weighted by molar-refractivity contribution is 0.134. The number of nitrogens with zero attached hydrogens (tertiary/aromatic N) is 3. The first-order valence-corrected chi connectivity index (χ1v) is 6.68. The summed E-state index contributed by atoms with van der Waals surface area (Å²) >= 11 is 0. The van der Waals surface area contributed by atoms with Crippen molar-refractivity contribution in [3.8, 4) is 0 Å². The first-order valence-electron chi connectivity index (χ1n) is 6.68. The van der Waals surface area contributed by atoms with Crippen LogP contribution in [0.1, 0.15) is 12.5 Å². The van der Waals surface area contributed by atoms with Crippen LogP contribution in [0.4, 0.5) is 10.6 Å². The van der Waals surface area contributed by atoms with Gasteiger partial charge in [0.1, 0.15) is 12.5 Å². The second-order valence-electron chi connectivity index (χ2n) is 4.87. The average molecular weight is 275 g/mol. The van der Waals surface area contributed by atoms with Crippen LogP contribution in [0.2, 0.25) is 0 Å². The third-order valence-electron chi connectivity index (χ3n) is 3.32. The average Bonchev–Trinajstić information content (AvgIpc) is 2.47. The normalized spacial score (nSPS) is 21.6. The zero-order valence-electron chi connectivity index (χ0n) is 11.3. The molecular formula is C13H17N5O2. The number of hydrogen-bond donors (Lipinski definition) is 2. The molecule has 2 aliphatic rings. The molecule has 1 saturated heterocycles. The lowest BCUT2D eigenvalue weighted by Gasteiger charge is -2.31. The van der Waals surface area contributed by atoms with Crippen LogP contribution in [0.25, 0.3) is 0 Å². The van der Waals surface area contributed by atoms with Gasteiger partial charge in [-0.05, 0) is 19.1 Å². The molecule has 1 amide bonds. The Morgan fingerprint density at radius 1 is 1.55 bits per heavy atom. The van der Waals surface area contributed by atoms with Crippen molar-refractivity contribution in [1.29, 1.82) is 0 Å². The van der Waals surface area contributed by atoms with Gasteiger partial charge in [0.05, 0.1) is 5.56 Å². The molecule has 7 nitrogen and oxygen atoms in total. The summed E-state index contributed by atoms with van der Waals surface area (Å²) in [7, 11) is 0. The highest BCUT2D eigenvalue weighted by atomic mass is 16.6. The van der Waals surface area contributed by atoms with Gasteiger partial charge in [0.2, 0.25) is 5.90 Å². The molecule has 3 rings (SSSR count). The van der Waals surface area contributed by atoms with Gasteiger partial charge in [-0.3, -0.25) is 0 Å². The van der Waals surface area contributed by atoms with E-state index in [9.17, 15) is 4.79 Å². The molecule has 2 N–H and O–H groups in total. The van der Waals surface area contributed by atoms with E-state index in [4.69, 9.17) is 4.74 Å². The van der Waals surface area contributed by atoms with Crippen molar-refractivity contribution in [3.05, 3.63) is 23.9 Å². The molecule has 0 spiro atoms. The Morgan fingerprint density at radius 3 is 3.30 bits per heavy atom. The lowest BCUT2D eigenvalue weighted by Crippen LogP contribution is -2.51. The van der Waals surface area contributed by atoms with Crippen molar-refractivity contribution in [2.75, 3.05) is 31.6 Å². The van der Waals surface area contributed by atoms with E-state index in [1.807, 2.05) is 13.0 Å². The highest BCUT2D eigenvalue weighted by Crippen LogP contribution is 2.17. The molecule has 1 atom stereocenters. The van der Waals surface area contributed by atoms with Crippen molar-refractivity contribution in [2.45, 2.75) is 13.0 Å². The molecule has 1 fully saturated rings. The summed E-state index contributed by atoms with van der Waals surface area (Å²) in [5.41, 5.74) is 0.718. The highest BCUT2D eigenvalue weighted by Gasteiger charge is 2.25. The molecule has 1 unspecified atom stereocenters. The summed E-state index contributed by atoms with van der Waals surface area (Å²) in [5.74, 6) is 1.03. The number of nitrogens with one attached hydrogen (secondary N) is 2. The fourth-order valence-corrected chi connectivity index (χ4v) is 2.32. The smallest absolute Gasteiger partial charge is 0.391 e. The number of anilines is 1. The number of aromatic nitrogens is 1. The molecule has 0 aromatic carbocycles. The zero-order valence-corrected chi connectivity index (χ0v) is 11.3. The van der Waals surface area contributed by atoms with Gasteiger partial charge in [0.25, 0.3) is 0 Å². The molecule has 2 aliphatic heterocycles. The van der Waals surface area contributed by atoms with Crippen LogP contribution in [0.3, 0.4) is 0 Å². The summed E-state index contributed by atoms with van der Waals surface area (Å²) in [6.45, 7) is 4.48. The molecule has 0 bridgehead atoms. The standard InChI is InChI=1S/C13H17N5O2/c1-9-7-18(6-5-14-9)13(19)20-12-10-3-2-4-15-11(10)16-8-17-12/h2-4,9,14H,5-8H2,1H3,(H,15,16). The summed E-state index contributed by atoms with van der Waals surface area (Å²) < 4.78 is 5.43. The zero-order chi connectivity index (χ0) is 13.9. The van der Waals surface area contributed by atoms with Crippen LogP contribution in [-0.2, 0) is 4.74 Å². The van der Waals surface area contributed by atoms with Crippen LogP contribution in [0.5, 0.6) is 0 Å². The van der Waals surface area contributed by atoms with E-state index in [0.717, 1.165) is 12.1 Å². The minimum Gasteiger partial charge on any atom is -0.391 e. The number of carbonyl (C=O) groups excluding carboxylic acids is 1. The molecule has 0 aliphatic carbocycles. The molecule has 0 saturated carbocycles. The van der Waals surface area contributed by atoms with Crippen molar-refractivity contribution in [1.82, 2.24) is 15.2 Å². The van der Waals surface area contributed by atoms with Gasteiger partial charge < -0.3 is 20.3 Å². The Hall–Kier alpha value is -2.15. The van der Waals surface area contributed by atoms with Crippen LogP contribution in [0, 0.1) is 0 Å².